The van der Waals surface area contributed by atoms with Crippen LogP contribution in [0, 0.1) is 0 Å². The summed E-state index contributed by atoms with van der Waals surface area (Å²) in [5.74, 6) is 0.0589. The molecule has 11 heteroatoms. The lowest BCUT2D eigenvalue weighted by Crippen LogP contribution is -2.47. The highest BCUT2D eigenvalue weighted by molar-refractivity contribution is 5.76. The molecule has 3 aliphatic rings. The van der Waals surface area contributed by atoms with Crippen LogP contribution in [-0.4, -0.2) is 72.0 Å². The number of carbonyl (C=O) groups excluding carboxylic acids is 1. The lowest BCUT2D eigenvalue weighted by Gasteiger charge is -2.32. The Morgan fingerprint density at radius 1 is 1.20 bits per heavy atom. The van der Waals surface area contributed by atoms with E-state index >= 15 is 0 Å². The second-order valence-electron chi connectivity index (χ2n) is 8.07. The predicted octanol–water partition coefficient (Wildman–Crippen LogP) is 1.13. The van der Waals surface area contributed by atoms with Crippen molar-refractivity contribution in [2.45, 2.75) is 56.5 Å². The molecule has 3 atom stereocenters. The molecule has 1 aromatic heterocycles. The van der Waals surface area contributed by atoms with Gasteiger partial charge in [-0.15, -0.1) is 0 Å². The van der Waals surface area contributed by atoms with Gasteiger partial charge in [0, 0.05) is 32.7 Å². The molecule has 0 spiro atoms. The summed E-state index contributed by atoms with van der Waals surface area (Å²) in [4.78, 5) is 27.8. The number of aromatic nitrogens is 2. The number of anilines is 1. The van der Waals surface area contributed by atoms with Gasteiger partial charge in [0.1, 0.15) is 5.56 Å². The molecule has 0 aliphatic carbocycles. The number of rotatable bonds is 4. The molecule has 0 aromatic carbocycles. The Hall–Kier alpha value is -2.14. The number of amides is 1. The molecule has 0 bridgehead atoms. The Kier molecular flexibility index (Phi) is 6.01. The average Bonchev–Trinajstić information content (AvgIpc) is 3.36. The number of hydrogen-bond donors (Lipinski definition) is 2. The molecule has 0 saturated carbocycles. The minimum atomic E-state index is -4.77. The van der Waals surface area contributed by atoms with Crippen molar-refractivity contribution in [2.75, 3.05) is 37.6 Å². The Morgan fingerprint density at radius 3 is 2.70 bits per heavy atom. The third-order valence-corrected chi connectivity index (χ3v) is 6.17. The van der Waals surface area contributed by atoms with E-state index in [1.54, 1.807) is 4.90 Å². The number of H-pyrrole nitrogens is 1. The number of carbonyl (C=O) groups is 1. The maximum absolute atomic E-state index is 13.5. The minimum Gasteiger partial charge on any atom is -0.372 e. The molecular formula is C19H26F3N5O3. The first-order valence-electron chi connectivity index (χ1n) is 10.4. The van der Waals surface area contributed by atoms with Crippen molar-refractivity contribution < 1.29 is 22.7 Å². The molecule has 8 nitrogen and oxygen atoms in total. The summed E-state index contributed by atoms with van der Waals surface area (Å²) in [6.45, 7) is 3.33. The second-order valence-corrected chi connectivity index (χ2v) is 8.07. The molecule has 3 aliphatic heterocycles. The zero-order valence-corrected chi connectivity index (χ0v) is 16.6. The third kappa shape index (κ3) is 4.31. The molecule has 0 unspecified atom stereocenters. The Bertz CT molecular complexity index is 824. The van der Waals surface area contributed by atoms with Crippen LogP contribution in [0.25, 0.3) is 0 Å². The van der Waals surface area contributed by atoms with E-state index < -0.39 is 17.3 Å². The van der Waals surface area contributed by atoms with Crippen molar-refractivity contribution >= 4 is 11.6 Å². The van der Waals surface area contributed by atoms with Gasteiger partial charge in [-0.05, 0) is 25.7 Å². The summed E-state index contributed by atoms with van der Waals surface area (Å²) in [5.41, 5.74) is -2.65. The lowest BCUT2D eigenvalue weighted by atomic mass is 10.0. The first-order valence-corrected chi connectivity index (χ1v) is 10.4. The van der Waals surface area contributed by atoms with Crippen molar-refractivity contribution in [2.24, 2.45) is 0 Å². The number of ether oxygens (including phenoxy) is 1. The monoisotopic (exact) mass is 429 g/mol. The van der Waals surface area contributed by atoms with E-state index in [1.165, 1.54) is 0 Å². The van der Waals surface area contributed by atoms with Crippen LogP contribution in [-0.2, 0) is 15.7 Å². The van der Waals surface area contributed by atoms with Crippen LogP contribution >= 0.6 is 0 Å². The van der Waals surface area contributed by atoms with Crippen molar-refractivity contribution in [3.8, 4) is 0 Å². The normalized spacial score (nSPS) is 27.6. The molecule has 3 saturated heterocycles. The number of nitrogens with zero attached hydrogens (tertiary/aromatic N) is 3. The van der Waals surface area contributed by atoms with Crippen molar-refractivity contribution in [3.05, 3.63) is 22.1 Å². The van der Waals surface area contributed by atoms with Gasteiger partial charge >= 0.3 is 6.18 Å². The Morgan fingerprint density at radius 2 is 1.97 bits per heavy atom. The van der Waals surface area contributed by atoms with Crippen LogP contribution in [0.5, 0.6) is 0 Å². The Balaban J connectivity index is 1.45. The van der Waals surface area contributed by atoms with Crippen LogP contribution in [0.1, 0.15) is 37.7 Å². The first kappa shape index (κ1) is 21.1. The van der Waals surface area contributed by atoms with E-state index in [0.717, 1.165) is 19.3 Å². The molecule has 4 rings (SSSR count). The largest absolute Gasteiger partial charge is 0.423 e. The van der Waals surface area contributed by atoms with Crippen LogP contribution in [0.15, 0.2) is 11.0 Å². The molecule has 3 fully saturated rings. The standard InChI is InChI=1S/C19H26F3N5O3/c20-19(21,22)17-14(11-24-25-18(17)29)27-7-1-2-13(27)15-4-3-12(30-15)10-16(28)26-8-5-23-6-9-26/h11-13,15,23H,1-10H2,(H,25,29)/t12-,13-,15-/m0/s1. The van der Waals surface area contributed by atoms with Crippen molar-refractivity contribution in [3.63, 3.8) is 0 Å². The topological polar surface area (TPSA) is 90.6 Å². The molecule has 1 aromatic rings. The van der Waals surface area contributed by atoms with Gasteiger partial charge in [-0.3, -0.25) is 9.59 Å². The van der Waals surface area contributed by atoms with E-state index in [0.29, 0.717) is 51.7 Å². The summed E-state index contributed by atoms with van der Waals surface area (Å²) in [6, 6.07) is -0.269. The molecular weight excluding hydrogens is 403 g/mol. The van der Waals surface area contributed by atoms with E-state index in [1.807, 2.05) is 10.00 Å². The smallest absolute Gasteiger partial charge is 0.372 e. The zero-order chi connectivity index (χ0) is 21.3. The third-order valence-electron chi connectivity index (χ3n) is 6.17. The van der Waals surface area contributed by atoms with Gasteiger partial charge in [0.05, 0.1) is 36.6 Å². The predicted molar refractivity (Wildman–Crippen MR) is 102 cm³/mol. The molecule has 0 radical (unpaired) electrons. The minimum absolute atomic E-state index is 0.0589. The molecule has 2 N–H and O–H groups in total. The fraction of sp³-hybridized carbons (Fsp3) is 0.737. The summed E-state index contributed by atoms with van der Waals surface area (Å²) < 4.78 is 46.6. The highest BCUT2D eigenvalue weighted by Crippen LogP contribution is 2.39. The van der Waals surface area contributed by atoms with E-state index in [-0.39, 0.29) is 29.8 Å². The van der Waals surface area contributed by atoms with E-state index in [9.17, 15) is 22.8 Å². The van der Waals surface area contributed by atoms with Gasteiger partial charge in [0.2, 0.25) is 5.91 Å². The molecule has 166 valence electrons. The van der Waals surface area contributed by atoms with Crippen molar-refractivity contribution in [1.29, 1.82) is 0 Å². The molecule has 4 heterocycles. The summed E-state index contributed by atoms with van der Waals surface area (Å²) >= 11 is 0. The maximum atomic E-state index is 13.5. The number of piperazine rings is 1. The Labute approximate surface area is 171 Å². The highest BCUT2D eigenvalue weighted by Gasteiger charge is 2.44. The van der Waals surface area contributed by atoms with Crippen molar-refractivity contribution in [1.82, 2.24) is 20.4 Å². The summed E-state index contributed by atoms with van der Waals surface area (Å²) in [6.07, 6.45) is -1.13. The quantitative estimate of drug-likeness (QED) is 0.746. The van der Waals surface area contributed by atoms with Crippen LogP contribution in [0.3, 0.4) is 0 Å². The molecule has 1 amide bonds. The second kappa shape index (κ2) is 8.54. The van der Waals surface area contributed by atoms with Crippen LogP contribution < -0.4 is 15.8 Å². The van der Waals surface area contributed by atoms with E-state index in [2.05, 4.69) is 10.4 Å². The number of hydrogen-bond acceptors (Lipinski definition) is 6. The maximum Gasteiger partial charge on any atom is 0.423 e. The fourth-order valence-corrected chi connectivity index (χ4v) is 4.76. The van der Waals surface area contributed by atoms with Crippen LogP contribution in [0.2, 0.25) is 0 Å². The summed E-state index contributed by atoms with van der Waals surface area (Å²) in [7, 11) is 0. The van der Waals surface area contributed by atoms with E-state index in [4.69, 9.17) is 4.74 Å². The van der Waals surface area contributed by atoms with Gasteiger partial charge in [0.15, 0.2) is 0 Å². The fourth-order valence-electron chi connectivity index (χ4n) is 4.76. The number of nitrogens with one attached hydrogen (secondary N) is 2. The SMILES string of the molecule is O=C(C[C@@H]1CC[C@@H]([C@@H]2CCCN2c2cn[nH]c(=O)c2C(F)(F)F)O1)N1CCNCC1. The van der Waals surface area contributed by atoms with Gasteiger partial charge in [-0.2, -0.15) is 18.3 Å². The number of halogens is 3. The van der Waals surface area contributed by atoms with Crippen LogP contribution in [0.4, 0.5) is 18.9 Å². The first-order chi connectivity index (χ1) is 14.3. The number of alkyl halides is 3. The lowest BCUT2D eigenvalue weighted by molar-refractivity contribution is -0.138. The van der Waals surface area contributed by atoms with Gasteiger partial charge in [0.25, 0.3) is 5.56 Å². The van der Waals surface area contributed by atoms with Gasteiger partial charge in [-0.25, -0.2) is 5.10 Å². The molecule has 30 heavy (non-hydrogen) atoms. The van der Waals surface area contributed by atoms with Gasteiger partial charge < -0.3 is 19.9 Å². The summed E-state index contributed by atoms with van der Waals surface area (Å²) in [5, 5.41) is 8.69. The number of aromatic amines is 1. The average molecular weight is 429 g/mol. The zero-order valence-electron chi connectivity index (χ0n) is 16.6. The van der Waals surface area contributed by atoms with Gasteiger partial charge in [-0.1, -0.05) is 0 Å². The highest BCUT2D eigenvalue weighted by atomic mass is 19.4.